The molecule has 0 saturated heterocycles. The van der Waals surface area contributed by atoms with E-state index in [0.717, 1.165) is 46.3 Å². The fourth-order valence-corrected chi connectivity index (χ4v) is 6.11. The molecule has 0 saturated carbocycles. The molecule has 0 aliphatic heterocycles. The first-order valence-corrected chi connectivity index (χ1v) is 11.9. The molecule has 2 N–H and O–H groups in total. The Balaban J connectivity index is 1.33. The lowest BCUT2D eigenvalue weighted by atomic mass is 10.1. The van der Waals surface area contributed by atoms with Gasteiger partial charge in [-0.3, -0.25) is 9.59 Å². The van der Waals surface area contributed by atoms with Crippen LogP contribution in [0.2, 0.25) is 0 Å². The van der Waals surface area contributed by atoms with Crippen molar-refractivity contribution in [2.45, 2.75) is 52.2 Å². The summed E-state index contributed by atoms with van der Waals surface area (Å²) in [6, 6.07) is 4.16. The van der Waals surface area contributed by atoms with E-state index in [4.69, 9.17) is 0 Å². The Hall–Kier alpha value is -2.12. The van der Waals surface area contributed by atoms with Gasteiger partial charge in [0.15, 0.2) is 0 Å². The number of fused-ring (bicyclic) bond motifs is 3. The minimum Gasteiger partial charge on any atom is -0.326 e. The molecule has 1 aromatic carbocycles. The van der Waals surface area contributed by atoms with E-state index < -0.39 is 0 Å². The lowest BCUT2D eigenvalue weighted by Crippen LogP contribution is -2.14. The number of anilines is 1. The highest BCUT2D eigenvalue weighted by atomic mass is 32.2. The monoisotopic (exact) mass is 427 g/mol. The number of carbonyl (C=O) groups is 1. The van der Waals surface area contributed by atoms with Crippen molar-refractivity contribution >= 4 is 44.9 Å². The van der Waals surface area contributed by atoms with Crippen LogP contribution in [0.5, 0.6) is 0 Å². The maximum atomic E-state index is 12.5. The van der Waals surface area contributed by atoms with Crippen LogP contribution in [0.1, 0.15) is 45.8 Å². The lowest BCUT2D eigenvalue weighted by molar-refractivity contribution is -0.115. The summed E-state index contributed by atoms with van der Waals surface area (Å²) in [4.78, 5) is 34.6. The van der Waals surface area contributed by atoms with E-state index in [1.165, 1.54) is 16.0 Å². The van der Waals surface area contributed by atoms with E-state index in [1.807, 2.05) is 13.8 Å². The molecule has 3 aromatic rings. The Kier molecular flexibility index (Phi) is 5.79. The third kappa shape index (κ3) is 4.26. The van der Waals surface area contributed by atoms with Crippen molar-refractivity contribution in [2.24, 2.45) is 0 Å². The SMILES string of the molecule is Cc1cc(C)c(NC(=O)CCSCc2nc3sc4c(c3c(=O)[nH]2)CCC4)c(C)c1. The number of hydrogen-bond donors (Lipinski definition) is 2. The second-order valence-corrected chi connectivity index (χ2v) is 9.86. The van der Waals surface area contributed by atoms with Gasteiger partial charge in [0, 0.05) is 22.7 Å². The third-order valence-corrected chi connectivity index (χ3v) is 7.43. The van der Waals surface area contributed by atoms with E-state index >= 15 is 0 Å². The van der Waals surface area contributed by atoms with Crippen LogP contribution in [0, 0.1) is 20.8 Å². The number of aryl methyl sites for hydroxylation is 5. The molecule has 0 bridgehead atoms. The van der Waals surface area contributed by atoms with Crippen molar-refractivity contribution in [2.75, 3.05) is 11.1 Å². The highest BCUT2D eigenvalue weighted by Gasteiger charge is 2.21. The average Bonchev–Trinajstić information content (AvgIpc) is 3.22. The van der Waals surface area contributed by atoms with Gasteiger partial charge in [-0.1, -0.05) is 17.7 Å². The Bertz CT molecular complexity index is 1120. The van der Waals surface area contributed by atoms with Crippen LogP contribution in [-0.2, 0) is 23.4 Å². The first-order chi connectivity index (χ1) is 13.9. The second kappa shape index (κ2) is 8.32. The Morgan fingerprint density at radius 3 is 2.76 bits per heavy atom. The molecule has 0 unspecified atom stereocenters. The summed E-state index contributed by atoms with van der Waals surface area (Å²) in [5.41, 5.74) is 5.46. The van der Waals surface area contributed by atoms with Gasteiger partial charge in [-0.15, -0.1) is 11.3 Å². The van der Waals surface area contributed by atoms with Gasteiger partial charge >= 0.3 is 0 Å². The van der Waals surface area contributed by atoms with Gasteiger partial charge in [0.05, 0.1) is 11.1 Å². The predicted molar refractivity (Wildman–Crippen MR) is 122 cm³/mol. The Morgan fingerprint density at radius 2 is 2.00 bits per heavy atom. The number of aromatic nitrogens is 2. The number of benzene rings is 1. The molecule has 1 amide bonds. The molecule has 152 valence electrons. The number of thiophene rings is 1. The summed E-state index contributed by atoms with van der Waals surface area (Å²) in [7, 11) is 0. The standard InChI is InChI=1S/C22H25N3O2S2/c1-12-9-13(2)20(14(3)10-12)25-18(26)7-8-28-11-17-23-21(27)19-15-5-4-6-16(15)29-22(19)24-17/h9-10H,4-8,11H2,1-3H3,(H,25,26)(H,23,24,27). The number of rotatable bonds is 6. The van der Waals surface area contributed by atoms with E-state index in [0.29, 0.717) is 23.8 Å². The number of nitrogens with one attached hydrogen (secondary N) is 2. The van der Waals surface area contributed by atoms with E-state index in [9.17, 15) is 9.59 Å². The number of hydrogen-bond acceptors (Lipinski definition) is 5. The number of carbonyl (C=O) groups excluding carboxylic acids is 1. The van der Waals surface area contributed by atoms with Gasteiger partial charge in [-0.2, -0.15) is 11.8 Å². The molecule has 0 radical (unpaired) electrons. The molecule has 29 heavy (non-hydrogen) atoms. The number of H-pyrrole nitrogens is 1. The molecule has 2 heterocycles. The Labute approximate surface area is 178 Å². The number of amides is 1. The highest BCUT2D eigenvalue weighted by molar-refractivity contribution is 7.98. The lowest BCUT2D eigenvalue weighted by Gasteiger charge is -2.12. The van der Waals surface area contributed by atoms with Gasteiger partial charge in [0.1, 0.15) is 10.7 Å². The van der Waals surface area contributed by atoms with Crippen molar-refractivity contribution in [1.29, 1.82) is 0 Å². The van der Waals surface area contributed by atoms with Crippen LogP contribution >= 0.6 is 23.1 Å². The first-order valence-electron chi connectivity index (χ1n) is 9.91. The zero-order valence-corrected chi connectivity index (χ0v) is 18.6. The van der Waals surface area contributed by atoms with Gasteiger partial charge in [-0.25, -0.2) is 4.98 Å². The van der Waals surface area contributed by atoms with Gasteiger partial charge in [-0.05, 0) is 56.7 Å². The summed E-state index contributed by atoms with van der Waals surface area (Å²) >= 11 is 3.27. The van der Waals surface area contributed by atoms with Crippen LogP contribution in [0.15, 0.2) is 16.9 Å². The largest absolute Gasteiger partial charge is 0.326 e. The molecule has 2 aromatic heterocycles. The Morgan fingerprint density at radius 1 is 1.24 bits per heavy atom. The molecule has 0 spiro atoms. The maximum Gasteiger partial charge on any atom is 0.259 e. The van der Waals surface area contributed by atoms with Crippen molar-refractivity contribution in [3.05, 3.63) is 55.4 Å². The molecule has 1 aliphatic rings. The normalized spacial score (nSPS) is 13.1. The van der Waals surface area contributed by atoms with Crippen LogP contribution in [-0.4, -0.2) is 21.6 Å². The van der Waals surface area contributed by atoms with E-state index in [1.54, 1.807) is 23.1 Å². The number of aromatic amines is 1. The van der Waals surface area contributed by atoms with Gasteiger partial charge in [0.2, 0.25) is 5.91 Å². The first kappa shape index (κ1) is 20.2. The molecular weight excluding hydrogens is 402 g/mol. The maximum absolute atomic E-state index is 12.5. The zero-order chi connectivity index (χ0) is 20.5. The molecule has 7 heteroatoms. The molecule has 4 rings (SSSR count). The minimum absolute atomic E-state index is 0.0131. The smallest absolute Gasteiger partial charge is 0.259 e. The van der Waals surface area contributed by atoms with Crippen LogP contribution in [0.25, 0.3) is 10.2 Å². The summed E-state index contributed by atoms with van der Waals surface area (Å²) < 4.78 is 0. The summed E-state index contributed by atoms with van der Waals surface area (Å²) in [6.45, 7) is 6.09. The van der Waals surface area contributed by atoms with Crippen molar-refractivity contribution in [3.63, 3.8) is 0 Å². The third-order valence-electron chi connectivity index (χ3n) is 5.28. The second-order valence-electron chi connectivity index (χ2n) is 7.67. The molecule has 0 fully saturated rings. The molecule has 5 nitrogen and oxygen atoms in total. The molecule has 1 aliphatic carbocycles. The quantitative estimate of drug-likeness (QED) is 0.561. The molecule has 0 atom stereocenters. The topological polar surface area (TPSA) is 74.8 Å². The molecular formula is C22H25N3O2S2. The predicted octanol–water partition coefficient (Wildman–Crippen LogP) is 4.66. The fourth-order valence-electron chi connectivity index (χ4n) is 4.03. The highest BCUT2D eigenvalue weighted by Crippen LogP contribution is 2.34. The van der Waals surface area contributed by atoms with Gasteiger partial charge in [0.25, 0.3) is 5.56 Å². The van der Waals surface area contributed by atoms with Crippen LogP contribution in [0.4, 0.5) is 5.69 Å². The van der Waals surface area contributed by atoms with Crippen LogP contribution < -0.4 is 10.9 Å². The summed E-state index contributed by atoms with van der Waals surface area (Å²) in [6.07, 6.45) is 3.62. The van der Waals surface area contributed by atoms with Crippen molar-refractivity contribution in [1.82, 2.24) is 9.97 Å². The fraction of sp³-hybridized carbons (Fsp3) is 0.409. The van der Waals surface area contributed by atoms with Gasteiger partial charge < -0.3 is 10.3 Å². The summed E-state index contributed by atoms with van der Waals surface area (Å²) in [5.74, 6) is 1.99. The summed E-state index contributed by atoms with van der Waals surface area (Å²) in [5, 5.41) is 3.83. The average molecular weight is 428 g/mol. The van der Waals surface area contributed by atoms with Crippen molar-refractivity contribution in [3.8, 4) is 0 Å². The van der Waals surface area contributed by atoms with E-state index in [2.05, 4.69) is 34.3 Å². The minimum atomic E-state index is -0.0203. The number of thioether (sulfide) groups is 1. The van der Waals surface area contributed by atoms with E-state index in [-0.39, 0.29) is 11.5 Å². The van der Waals surface area contributed by atoms with Crippen molar-refractivity contribution < 1.29 is 4.79 Å². The number of nitrogens with zero attached hydrogens (tertiary/aromatic N) is 1. The zero-order valence-electron chi connectivity index (χ0n) is 17.0. The van der Waals surface area contributed by atoms with Crippen LogP contribution in [0.3, 0.4) is 0 Å².